The predicted molar refractivity (Wildman–Crippen MR) is 103 cm³/mol. The topological polar surface area (TPSA) is 66.9 Å². The number of carbonyl (C=O) groups excluding carboxylic acids is 1. The molecular formula is C19H24N2O4S. The molecule has 0 aliphatic carbocycles. The molecule has 0 fully saturated rings. The SMILES string of the molecule is COc1ccc(N(CC(=O)N(C)Cc2ccc(C)cc2)S(C)(=O)=O)cc1. The van der Waals surface area contributed by atoms with E-state index < -0.39 is 10.0 Å². The summed E-state index contributed by atoms with van der Waals surface area (Å²) in [7, 11) is -0.402. The molecule has 2 aromatic rings. The van der Waals surface area contributed by atoms with Gasteiger partial charge < -0.3 is 9.64 Å². The van der Waals surface area contributed by atoms with Crippen molar-refractivity contribution in [1.29, 1.82) is 0 Å². The molecule has 6 nitrogen and oxygen atoms in total. The maximum Gasteiger partial charge on any atom is 0.243 e. The zero-order valence-corrected chi connectivity index (χ0v) is 16.3. The molecule has 0 N–H and O–H groups in total. The third-order valence-electron chi connectivity index (χ3n) is 4.01. The van der Waals surface area contributed by atoms with Crippen molar-refractivity contribution in [2.75, 3.05) is 31.3 Å². The van der Waals surface area contributed by atoms with Gasteiger partial charge in [0.1, 0.15) is 12.3 Å². The summed E-state index contributed by atoms with van der Waals surface area (Å²) in [6.45, 7) is 2.16. The molecule has 7 heteroatoms. The van der Waals surface area contributed by atoms with E-state index in [1.54, 1.807) is 31.3 Å². The highest BCUT2D eigenvalue weighted by atomic mass is 32.2. The summed E-state index contributed by atoms with van der Waals surface area (Å²) in [5, 5.41) is 0. The number of likely N-dealkylation sites (N-methyl/N-ethyl adjacent to an activating group) is 1. The lowest BCUT2D eigenvalue weighted by atomic mass is 10.1. The molecule has 26 heavy (non-hydrogen) atoms. The molecular weight excluding hydrogens is 352 g/mol. The maximum absolute atomic E-state index is 12.6. The van der Waals surface area contributed by atoms with E-state index in [0.29, 0.717) is 18.0 Å². The van der Waals surface area contributed by atoms with Crippen LogP contribution in [0.3, 0.4) is 0 Å². The second kappa shape index (κ2) is 8.23. The Kier molecular flexibility index (Phi) is 6.26. The maximum atomic E-state index is 12.6. The number of ether oxygens (including phenoxy) is 1. The van der Waals surface area contributed by atoms with Gasteiger partial charge in [-0.15, -0.1) is 0 Å². The van der Waals surface area contributed by atoms with E-state index in [-0.39, 0.29) is 12.5 Å². The van der Waals surface area contributed by atoms with Crippen LogP contribution in [-0.2, 0) is 21.4 Å². The van der Waals surface area contributed by atoms with Crippen LogP contribution in [0.2, 0.25) is 0 Å². The van der Waals surface area contributed by atoms with E-state index in [1.807, 2.05) is 31.2 Å². The van der Waals surface area contributed by atoms with Crippen molar-refractivity contribution in [3.05, 3.63) is 59.7 Å². The van der Waals surface area contributed by atoms with Crippen molar-refractivity contribution in [2.45, 2.75) is 13.5 Å². The smallest absolute Gasteiger partial charge is 0.243 e. The number of hydrogen-bond donors (Lipinski definition) is 0. The molecule has 0 saturated heterocycles. The third-order valence-corrected chi connectivity index (χ3v) is 5.15. The van der Waals surface area contributed by atoms with Crippen molar-refractivity contribution in [2.24, 2.45) is 0 Å². The summed E-state index contributed by atoms with van der Waals surface area (Å²) in [4.78, 5) is 14.1. The van der Waals surface area contributed by atoms with Crippen LogP contribution in [0.15, 0.2) is 48.5 Å². The molecule has 140 valence electrons. The highest BCUT2D eigenvalue weighted by molar-refractivity contribution is 7.92. The molecule has 0 atom stereocenters. The second-order valence-corrected chi connectivity index (χ2v) is 8.11. The molecule has 0 spiro atoms. The van der Waals surface area contributed by atoms with Gasteiger partial charge in [0.25, 0.3) is 0 Å². The molecule has 1 amide bonds. The number of nitrogens with zero attached hydrogens (tertiary/aromatic N) is 2. The van der Waals surface area contributed by atoms with E-state index in [1.165, 1.54) is 12.0 Å². The van der Waals surface area contributed by atoms with Gasteiger partial charge in [0.05, 0.1) is 19.1 Å². The minimum Gasteiger partial charge on any atom is -0.497 e. The van der Waals surface area contributed by atoms with E-state index in [9.17, 15) is 13.2 Å². The number of anilines is 1. The van der Waals surface area contributed by atoms with Gasteiger partial charge in [0.15, 0.2) is 0 Å². The molecule has 0 aliphatic heterocycles. The lowest BCUT2D eigenvalue weighted by Gasteiger charge is -2.25. The van der Waals surface area contributed by atoms with E-state index >= 15 is 0 Å². The quantitative estimate of drug-likeness (QED) is 0.744. The molecule has 0 aliphatic rings. The largest absolute Gasteiger partial charge is 0.497 e. The fourth-order valence-electron chi connectivity index (χ4n) is 2.45. The highest BCUT2D eigenvalue weighted by Gasteiger charge is 2.22. The van der Waals surface area contributed by atoms with E-state index in [4.69, 9.17) is 4.74 Å². The van der Waals surface area contributed by atoms with Gasteiger partial charge in [-0.3, -0.25) is 9.10 Å². The lowest BCUT2D eigenvalue weighted by molar-refractivity contribution is -0.128. The Morgan fingerprint density at radius 2 is 1.62 bits per heavy atom. The molecule has 0 unspecified atom stereocenters. The van der Waals surface area contributed by atoms with Crippen molar-refractivity contribution < 1.29 is 17.9 Å². The first-order chi connectivity index (χ1) is 12.2. The summed E-state index contributed by atoms with van der Waals surface area (Å²) < 4.78 is 30.5. The number of hydrogen-bond acceptors (Lipinski definition) is 4. The zero-order valence-electron chi connectivity index (χ0n) is 15.5. The summed E-state index contributed by atoms with van der Waals surface area (Å²) in [6.07, 6.45) is 1.09. The Bertz CT molecular complexity index is 846. The number of benzene rings is 2. The number of methoxy groups -OCH3 is 1. The molecule has 0 radical (unpaired) electrons. The van der Waals surface area contributed by atoms with Gasteiger partial charge >= 0.3 is 0 Å². The number of amides is 1. The predicted octanol–water partition coefficient (Wildman–Crippen LogP) is 2.43. The van der Waals surface area contributed by atoms with Crippen LogP contribution in [0.5, 0.6) is 5.75 Å². The molecule has 0 aromatic heterocycles. The van der Waals surface area contributed by atoms with Crippen molar-refractivity contribution >= 4 is 21.6 Å². The Morgan fingerprint density at radius 1 is 1.04 bits per heavy atom. The zero-order chi connectivity index (χ0) is 19.3. The molecule has 2 rings (SSSR count). The molecule has 0 saturated carbocycles. The first-order valence-corrected chi connectivity index (χ1v) is 9.97. The molecule has 0 heterocycles. The summed E-state index contributed by atoms with van der Waals surface area (Å²) in [5.74, 6) is 0.330. The van der Waals surface area contributed by atoms with Crippen molar-refractivity contribution in [3.63, 3.8) is 0 Å². The van der Waals surface area contributed by atoms with Gasteiger partial charge in [-0.2, -0.15) is 0 Å². The molecule has 0 bridgehead atoms. The van der Waals surface area contributed by atoms with Crippen LogP contribution >= 0.6 is 0 Å². The fourth-order valence-corrected chi connectivity index (χ4v) is 3.30. The van der Waals surface area contributed by atoms with Gasteiger partial charge in [-0.1, -0.05) is 29.8 Å². The second-order valence-electron chi connectivity index (χ2n) is 6.20. The Hall–Kier alpha value is -2.54. The Balaban J connectivity index is 2.14. The van der Waals surface area contributed by atoms with E-state index in [0.717, 1.165) is 21.7 Å². The van der Waals surface area contributed by atoms with Crippen molar-refractivity contribution in [1.82, 2.24) is 4.90 Å². The monoisotopic (exact) mass is 376 g/mol. The Labute approximate surface area is 155 Å². The fraction of sp³-hybridized carbons (Fsp3) is 0.316. The van der Waals surface area contributed by atoms with Crippen LogP contribution in [0.4, 0.5) is 5.69 Å². The Morgan fingerprint density at radius 3 is 2.12 bits per heavy atom. The van der Waals surface area contributed by atoms with Crippen LogP contribution in [0.25, 0.3) is 0 Å². The lowest BCUT2D eigenvalue weighted by Crippen LogP contribution is -2.41. The minimum atomic E-state index is -3.60. The molecule has 2 aromatic carbocycles. The number of sulfonamides is 1. The van der Waals surface area contributed by atoms with Crippen molar-refractivity contribution in [3.8, 4) is 5.75 Å². The standard InChI is InChI=1S/C19H24N2O4S/c1-15-5-7-16(8-6-15)13-20(2)19(22)14-21(26(4,23)24)17-9-11-18(25-3)12-10-17/h5-12H,13-14H2,1-4H3. The van der Waals surface area contributed by atoms with Crippen LogP contribution < -0.4 is 9.04 Å². The summed E-state index contributed by atoms with van der Waals surface area (Å²) >= 11 is 0. The number of rotatable bonds is 7. The summed E-state index contributed by atoms with van der Waals surface area (Å²) in [5.41, 5.74) is 2.55. The van der Waals surface area contributed by atoms with Gasteiger partial charge in [0.2, 0.25) is 15.9 Å². The third kappa shape index (κ3) is 5.23. The van der Waals surface area contributed by atoms with Gasteiger partial charge in [-0.25, -0.2) is 8.42 Å². The van der Waals surface area contributed by atoms with Gasteiger partial charge in [0, 0.05) is 13.6 Å². The van der Waals surface area contributed by atoms with Crippen LogP contribution in [0, 0.1) is 6.92 Å². The first kappa shape index (κ1) is 19.8. The van der Waals surface area contributed by atoms with Gasteiger partial charge in [-0.05, 0) is 36.8 Å². The van der Waals surface area contributed by atoms with Crippen LogP contribution in [-0.4, -0.2) is 46.2 Å². The summed E-state index contributed by atoms with van der Waals surface area (Å²) in [6, 6.07) is 14.4. The highest BCUT2D eigenvalue weighted by Crippen LogP contribution is 2.21. The normalized spacial score (nSPS) is 11.1. The van der Waals surface area contributed by atoms with Crippen LogP contribution in [0.1, 0.15) is 11.1 Å². The first-order valence-electron chi connectivity index (χ1n) is 8.12. The average molecular weight is 376 g/mol. The average Bonchev–Trinajstić information content (AvgIpc) is 2.60. The minimum absolute atomic E-state index is 0.256. The number of carbonyl (C=O) groups is 1. The van der Waals surface area contributed by atoms with E-state index in [2.05, 4.69) is 0 Å². The number of aryl methyl sites for hydroxylation is 1.